The van der Waals surface area contributed by atoms with Crippen molar-refractivity contribution in [2.24, 2.45) is 5.92 Å². The fraction of sp³-hybridized carbons (Fsp3) is 0.875. The van der Waals surface area contributed by atoms with E-state index in [0.29, 0.717) is 24.9 Å². The SMILES string of the molecule is ClCc1nnnn1CCOCC1CC1. The second-order valence-electron chi connectivity index (χ2n) is 3.47. The van der Waals surface area contributed by atoms with Gasteiger partial charge in [-0.05, 0) is 29.2 Å². The Morgan fingerprint density at radius 2 is 2.36 bits per heavy atom. The van der Waals surface area contributed by atoms with Crippen LogP contribution in [0.1, 0.15) is 18.7 Å². The molecule has 1 fully saturated rings. The molecule has 1 heterocycles. The Morgan fingerprint density at radius 3 is 3.07 bits per heavy atom. The first kappa shape index (κ1) is 9.86. The Hall–Kier alpha value is -0.680. The van der Waals surface area contributed by atoms with E-state index in [4.69, 9.17) is 16.3 Å². The zero-order chi connectivity index (χ0) is 9.80. The maximum Gasteiger partial charge on any atom is 0.166 e. The summed E-state index contributed by atoms with van der Waals surface area (Å²) in [6.07, 6.45) is 2.63. The van der Waals surface area contributed by atoms with Crippen LogP contribution in [-0.4, -0.2) is 33.4 Å². The molecule has 0 radical (unpaired) electrons. The van der Waals surface area contributed by atoms with Crippen molar-refractivity contribution in [1.82, 2.24) is 20.2 Å². The summed E-state index contributed by atoms with van der Waals surface area (Å²) in [6, 6.07) is 0. The summed E-state index contributed by atoms with van der Waals surface area (Å²) >= 11 is 5.64. The number of alkyl halides is 1. The Balaban J connectivity index is 1.68. The Bertz CT molecular complexity index is 287. The van der Waals surface area contributed by atoms with Crippen molar-refractivity contribution in [2.75, 3.05) is 13.2 Å². The Morgan fingerprint density at radius 1 is 1.50 bits per heavy atom. The number of tetrazole rings is 1. The average Bonchev–Trinajstić information content (AvgIpc) is 2.91. The second-order valence-corrected chi connectivity index (χ2v) is 3.74. The van der Waals surface area contributed by atoms with Crippen molar-refractivity contribution in [3.63, 3.8) is 0 Å². The molecule has 0 aromatic carbocycles. The van der Waals surface area contributed by atoms with E-state index in [1.165, 1.54) is 12.8 Å². The monoisotopic (exact) mass is 216 g/mol. The number of hydrogen-bond donors (Lipinski definition) is 0. The van der Waals surface area contributed by atoms with E-state index in [-0.39, 0.29) is 0 Å². The first-order chi connectivity index (χ1) is 6.90. The molecule has 0 aliphatic heterocycles. The topological polar surface area (TPSA) is 52.8 Å². The van der Waals surface area contributed by atoms with Gasteiger partial charge in [-0.3, -0.25) is 0 Å². The van der Waals surface area contributed by atoms with Crippen LogP contribution in [0.2, 0.25) is 0 Å². The normalized spacial score (nSPS) is 16.1. The molecule has 2 rings (SSSR count). The summed E-state index contributed by atoms with van der Waals surface area (Å²) in [5.41, 5.74) is 0. The summed E-state index contributed by atoms with van der Waals surface area (Å²) in [6.45, 7) is 2.21. The van der Waals surface area contributed by atoms with Crippen LogP contribution in [0.25, 0.3) is 0 Å². The Kier molecular flexibility index (Phi) is 3.31. The molecule has 0 N–H and O–H groups in total. The van der Waals surface area contributed by atoms with Crippen molar-refractivity contribution >= 4 is 11.6 Å². The van der Waals surface area contributed by atoms with Crippen LogP contribution >= 0.6 is 11.6 Å². The molecule has 14 heavy (non-hydrogen) atoms. The number of rotatable bonds is 6. The number of hydrogen-bond acceptors (Lipinski definition) is 4. The number of halogens is 1. The van der Waals surface area contributed by atoms with Gasteiger partial charge in [0, 0.05) is 6.61 Å². The van der Waals surface area contributed by atoms with Gasteiger partial charge in [0.1, 0.15) is 0 Å². The van der Waals surface area contributed by atoms with Gasteiger partial charge in [-0.15, -0.1) is 16.7 Å². The van der Waals surface area contributed by atoms with Crippen LogP contribution in [0, 0.1) is 5.92 Å². The first-order valence-corrected chi connectivity index (χ1v) is 5.32. The van der Waals surface area contributed by atoms with Crippen LogP contribution in [-0.2, 0) is 17.2 Å². The van der Waals surface area contributed by atoms with Crippen molar-refractivity contribution in [1.29, 1.82) is 0 Å². The molecule has 0 atom stereocenters. The zero-order valence-electron chi connectivity index (χ0n) is 7.90. The molecule has 1 aromatic heterocycles. The third-order valence-electron chi connectivity index (χ3n) is 2.22. The van der Waals surface area contributed by atoms with Gasteiger partial charge in [-0.1, -0.05) is 0 Å². The summed E-state index contributed by atoms with van der Waals surface area (Å²) in [4.78, 5) is 0. The maximum absolute atomic E-state index is 5.64. The van der Waals surface area contributed by atoms with Crippen LogP contribution in [0.4, 0.5) is 0 Å². The molecule has 0 amide bonds. The lowest BCUT2D eigenvalue weighted by Crippen LogP contribution is -2.11. The van der Waals surface area contributed by atoms with Gasteiger partial charge in [0.15, 0.2) is 5.82 Å². The molecule has 5 nitrogen and oxygen atoms in total. The van der Waals surface area contributed by atoms with E-state index >= 15 is 0 Å². The van der Waals surface area contributed by atoms with E-state index in [0.717, 1.165) is 12.5 Å². The maximum atomic E-state index is 5.64. The predicted octanol–water partition coefficient (Wildman–Crippen LogP) is 0.839. The summed E-state index contributed by atoms with van der Waals surface area (Å²) < 4.78 is 7.15. The molecule has 0 bridgehead atoms. The van der Waals surface area contributed by atoms with Gasteiger partial charge in [-0.2, -0.15) is 0 Å². The van der Waals surface area contributed by atoms with E-state index in [2.05, 4.69) is 15.5 Å². The van der Waals surface area contributed by atoms with Gasteiger partial charge in [-0.25, -0.2) is 4.68 Å². The van der Waals surface area contributed by atoms with Gasteiger partial charge < -0.3 is 4.74 Å². The molecule has 1 aliphatic rings. The summed E-state index contributed by atoms with van der Waals surface area (Å²) in [5.74, 6) is 1.84. The molecule has 78 valence electrons. The predicted molar refractivity (Wildman–Crippen MR) is 50.9 cm³/mol. The van der Waals surface area contributed by atoms with Gasteiger partial charge in [0.2, 0.25) is 0 Å². The molecular weight excluding hydrogens is 204 g/mol. The average molecular weight is 217 g/mol. The first-order valence-electron chi connectivity index (χ1n) is 4.79. The summed E-state index contributed by atoms with van der Waals surface area (Å²) in [5, 5.41) is 11.1. The summed E-state index contributed by atoms with van der Waals surface area (Å²) in [7, 11) is 0. The van der Waals surface area contributed by atoms with Gasteiger partial charge in [0.05, 0.1) is 19.0 Å². The molecular formula is C8H13ClN4O. The fourth-order valence-electron chi connectivity index (χ4n) is 1.18. The minimum Gasteiger partial charge on any atom is -0.379 e. The Labute approximate surface area is 87.4 Å². The molecule has 0 spiro atoms. The van der Waals surface area contributed by atoms with Crippen LogP contribution < -0.4 is 0 Å². The van der Waals surface area contributed by atoms with E-state index in [1.54, 1.807) is 4.68 Å². The smallest absolute Gasteiger partial charge is 0.166 e. The largest absolute Gasteiger partial charge is 0.379 e. The third-order valence-corrected chi connectivity index (χ3v) is 2.46. The molecule has 1 aliphatic carbocycles. The van der Waals surface area contributed by atoms with Gasteiger partial charge >= 0.3 is 0 Å². The van der Waals surface area contributed by atoms with Gasteiger partial charge in [0.25, 0.3) is 0 Å². The number of ether oxygens (including phenoxy) is 1. The lowest BCUT2D eigenvalue weighted by molar-refractivity contribution is 0.113. The van der Waals surface area contributed by atoms with Crippen LogP contribution in [0.3, 0.4) is 0 Å². The quantitative estimate of drug-likeness (QED) is 0.522. The molecule has 1 saturated carbocycles. The zero-order valence-corrected chi connectivity index (χ0v) is 8.65. The molecule has 0 unspecified atom stereocenters. The lowest BCUT2D eigenvalue weighted by Gasteiger charge is -2.03. The van der Waals surface area contributed by atoms with E-state index < -0.39 is 0 Å². The molecule has 0 saturated heterocycles. The minimum absolute atomic E-state index is 0.343. The van der Waals surface area contributed by atoms with Crippen molar-refractivity contribution in [3.8, 4) is 0 Å². The van der Waals surface area contributed by atoms with E-state index in [1.807, 2.05) is 0 Å². The number of aromatic nitrogens is 4. The van der Waals surface area contributed by atoms with Crippen molar-refractivity contribution in [3.05, 3.63) is 5.82 Å². The minimum atomic E-state index is 0.343. The van der Waals surface area contributed by atoms with Crippen molar-refractivity contribution in [2.45, 2.75) is 25.3 Å². The van der Waals surface area contributed by atoms with Crippen LogP contribution in [0.15, 0.2) is 0 Å². The third kappa shape index (κ3) is 2.65. The molecule has 6 heteroatoms. The fourth-order valence-corrected chi connectivity index (χ4v) is 1.37. The van der Waals surface area contributed by atoms with Crippen molar-refractivity contribution < 1.29 is 4.74 Å². The lowest BCUT2D eigenvalue weighted by atomic mass is 10.5. The highest BCUT2D eigenvalue weighted by Crippen LogP contribution is 2.28. The highest BCUT2D eigenvalue weighted by Gasteiger charge is 2.20. The highest BCUT2D eigenvalue weighted by atomic mass is 35.5. The van der Waals surface area contributed by atoms with E-state index in [9.17, 15) is 0 Å². The standard InChI is InChI=1S/C8H13ClN4O/c9-5-8-10-11-12-13(8)3-4-14-6-7-1-2-7/h7H,1-6H2. The second kappa shape index (κ2) is 4.70. The highest BCUT2D eigenvalue weighted by molar-refractivity contribution is 6.16. The number of nitrogens with zero attached hydrogens (tertiary/aromatic N) is 4. The molecule has 1 aromatic rings. The van der Waals surface area contributed by atoms with Crippen LogP contribution in [0.5, 0.6) is 0 Å².